The molecule has 2 rings (SSSR count). The fourth-order valence-corrected chi connectivity index (χ4v) is 2.22. The molecule has 1 N–H and O–H groups in total. The molecule has 1 fully saturated rings. The smallest absolute Gasteiger partial charge is 0.358 e. The number of carbonyl (C=O) groups excluding carboxylic acids is 1. The van der Waals surface area contributed by atoms with E-state index in [1.165, 1.54) is 13.3 Å². The number of carbonyl (C=O) groups is 1. The summed E-state index contributed by atoms with van der Waals surface area (Å²) in [5, 5.41) is 3.45. The molecule has 0 saturated carbocycles. The number of piperazine rings is 1. The van der Waals surface area contributed by atoms with Crippen molar-refractivity contribution in [2.45, 2.75) is 25.9 Å². The first kappa shape index (κ1) is 12.8. The lowest BCUT2D eigenvalue weighted by atomic mass is 10.1. The lowest BCUT2D eigenvalue weighted by Gasteiger charge is -2.36. The van der Waals surface area contributed by atoms with Crippen LogP contribution in [-0.2, 0) is 4.74 Å². The summed E-state index contributed by atoms with van der Waals surface area (Å²) < 4.78 is 4.65. The zero-order valence-electron chi connectivity index (χ0n) is 10.9. The van der Waals surface area contributed by atoms with Gasteiger partial charge in [-0.2, -0.15) is 0 Å². The topological polar surface area (TPSA) is 67.3 Å². The van der Waals surface area contributed by atoms with Crippen molar-refractivity contribution in [1.82, 2.24) is 15.3 Å². The number of ether oxygens (including phenoxy) is 1. The first-order valence-corrected chi connectivity index (χ1v) is 6.01. The van der Waals surface area contributed by atoms with Gasteiger partial charge in [-0.25, -0.2) is 9.78 Å². The molecule has 0 aromatic carbocycles. The van der Waals surface area contributed by atoms with Gasteiger partial charge in [-0.1, -0.05) is 0 Å². The minimum absolute atomic E-state index is 0.244. The van der Waals surface area contributed by atoms with Gasteiger partial charge in [-0.3, -0.25) is 4.98 Å². The van der Waals surface area contributed by atoms with Crippen LogP contribution in [0.2, 0.25) is 0 Å². The first-order valence-electron chi connectivity index (χ1n) is 6.01. The number of methoxy groups -OCH3 is 1. The van der Waals surface area contributed by atoms with Gasteiger partial charge < -0.3 is 15.0 Å². The van der Waals surface area contributed by atoms with Crippen molar-refractivity contribution in [2.24, 2.45) is 0 Å². The number of nitrogens with zero attached hydrogens (tertiary/aromatic N) is 3. The van der Waals surface area contributed by atoms with E-state index in [1.54, 1.807) is 6.20 Å². The number of hydrogen-bond donors (Lipinski definition) is 1. The minimum Gasteiger partial charge on any atom is -0.464 e. The Morgan fingerprint density at radius 3 is 2.67 bits per heavy atom. The van der Waals surface area contributed by atoms with Gasteiger partial charge in [0.25, 0.3) is 0 Å². The van der Waals surface area contributed by atoms with Crippen molar-refractivity contribution in [2.75, 3.05) is 25.1 Å². The van der Waals surface area contributed by atoms with Gasteiger partial charge in [0.15, 0.2) is 5.69 Å². The molecular formula is C12H18N4O2. The molecule has 1 aliphatic heterocycles. The molecule has 2 atom stereocenters. The van der Waals surface area contributed by atoms with E-state index in [2.05, 4.69) is 38.8 Å². The maximum absolute atomic E-state index is 11.4. The fourth-order valence-electron chi connectivity index (χ4n) is 2.22. The molecule has 0 spiro atoms. The second-order valence-electron chi connectivity index (χ2n) is 4.63. The molecule has 6 heteroatoms. The van der Waals surface area contributed by atoms with Gasteiger partial charge in [0.05, 0.1) is 19.5 Å². The molecular weight excluding hydrogens is 232 g/mol. The summed E-state index contributed by atoms with van der Waals surface area (Å²) in [6.07, 6.45) is 3.10. The highest BCUT2D eigenvalue weighted by molar-refractivity contribution is 5.87. The molecule has 1 aromatic rings. The Balaban J connectivity index is 2.20. The average molecular weight is 250 g/mol. The van der Waals surface area contributed by atoms with E-state index in [1.807, 2.05) is 0 Å². The molecule has 1 saturated heterocycles. The summed E-state index contributed by atoms with van der Waals surface area (Å²) in [6.45, 7) is 5.95. The van der Waals surface area contributed by atoms with Crippen LogP contribution in [0.3, 0.4) is 0 Å². The predicted octanol–water partition coefficient (Wildman–Crippen LogP) is 0.450. The van der Waals surface area contributed by atoms with Crippen LogP contribution in [0.15, 0.2) is 12.4 Å². The molecule has 0 amide bonds. The van der Waals surface area contributed by atoms with Crippen LogP contribution in [-0.4, -0.2) is 48.2 Å². The predicted molar refractivity (Wildman–Crippen MR) is 67.6 cm³/mol. The summed E-state index contributed by atoms with van der Waals surface area (Å²) in [7, 11) is 1.34. The quantitative estimate of drug-likeness (QED) is 0.769. The number of aromatic nitrogens is 2. The van der Waals surface area contributed by atoms with E-state index >= 15 is 0 Å². The molecule has 1 aromatic heterocycles. The van der Waals surface area contributed by atoms with Crippen molar-refractivity contribution >= 4 is 11.8 Å². The second-order valence-corrected chi connectivity index (χ2v) is 4.63. The van der Waals surface area contributed by atoms with E-state index in [9.17, 15) is 4.79 Å². The fraction of sp³-hybridized carbons (Fsp3) is 0.583. The minimum atomic E-state index is -0.458. The van der Waals surface area contributed by atoms with Gasteiger partial charge in [0.2, 0.25) is 0 Å². The summed E-state index contributed by atoms with van der Waals surface area (Å²) in [5.74, 6) is 0.263. The van der Waals surface area contributed by atoms with Crippen molar-refractivity contribution in [3.05, 3.63) is 18.1 Å². The largest absolute Gasteiger partial charge is 0.464 e. The normalized spacial score (nSPS) is 23.8. The summed E-state index contributed by atoms with van der Waals surface area (Å²) >= 11 is 0. The van der Waals surface area contributed by atoms with Crippen molar-refractivity contribution in [3.8, 4) is 0 Å². The monoisotopic (exact) mass is 250 g/mol. The third kappa shape index (κ3) is 2.76. The third-order valence-electron chi connectivity index (χ3n) is 2.90. The Morgan fingerprint density at radius 1 is 1.39 bits per heavy atom. The molecule has 2 heterocycles. The third-order valence-corrected chi connectivity index (χ3v) is 2.90. The van der Waals surface area contributed by atoms with Crippen molar-refractivity contribution < 1.29 is 9.53 Å². The van der Waals surface area contributed by atoms with E-state index < -0.39 is 5.97 Å². The molecule has 0 radical (unpaired) electrons. The molecule has 18 heavy (non-hydrogen) atoms. The molecule has 1 aliphatic rings. The van der Waals surface area contributed by atoms with Crippen molar-refractivity contribution in [1.29, 1.82) is 0 Å². The first-order chi connectivity index (χ1) is 8.60. The lowest BCUT2D eigenvalue weighted by molar-refractivity contribution is 0.0593. The number of esters is 1. The highest BCUT2D eigenvalue weighted by atomic mass is 16.5. The molecule has 0 aliphatic carbocycles. The number of anilines is 1. The van der Waals surface area contributed by atoms with Gasteiger partial charge in [-0.05, 0) is 13.8 Å². The van der Waals surface area contributed by atoms with Crippen LogP contribution >= 0.6 is 0 Å². The summed E-state index contributed by atoms with van der Waals surface area (Å²) in [6, 6.07) is 0.773. The van der Waals surface area contributed by atoms with E-state index in [-0.39, 0.29) is 5.69 Å². The highest BCUT2D eigenvalue weighted by Crippen LogP contribution is 2.14. The lowest BCUT2D eigenvalue weighted by Crippen LogP contribution is -2.54. The zero-order valence-corrected chi connectivity index (χ0v) is 10.9. The molecule has 98 valence electrons. The van der Waals surface area contributed by atoms with Gasteiger partial charge in [0, 0.05) is 25.2 Å². The van der Waals surface area contributed by atoms with E-state index in [4.69, 9.17) is 0 Å². The van der Waals surface area contributed by atoms with Gasteiger partial charge in [-0.15, -0.1) is 0 Å². The van der Waals surface area contributed by atoms with Crippen molar-refractivity contribution in [3.63, 3.8) is 0 Å². The number of nitrogens with one attached hydrogen (secondary N) is 1. The Kier molecular flexibility index (Phi) is 3.76. The maximum Gasteiger partial charge on any atom is 0.358 e. The number of rotatable bonds is 2. The molecule has 0 bridgehead atoms. The molecule has 2 unspecified atom stereocenters. The average Bonchev–Trinajstić information content (AvgIpc) is 2.37. The Hall–Kier alpha value is -1.69. The summed E-state index contributed by atoms with van der Waals surface area (Å²) in [4.78, 5) is 21.9. The van der Waals surface area contributed by atoms with E-state index in [0.717, 1.165) is 18.9 Å². The maximum atomic E-state index is 11.4. The van der Waals surface area contributed by atoms with E-state index in [0.29, 0.717) is 12.1 Å². The van der Waals surface area contributed by atoms with Crippen LogP contribution in [0.25, 0.3) is 0 Å². The van der Waals surface area contributed by atoms with Crippen LogP contribution in [0.1, 0.15) is 24.3 Å². The Morgan fingerprint density at radius 2 is 2.06 bits per heavy atom. The number of hydrogen-bond acceptors (Lipinski definition) is 6. The SMILES string of the molecule is COC(=O)c1cncc(N2CC(C)NC(C)C2)n1. The highest BCUT2D eigenvalue weighted by Gasteiger charge is 2.22. The van der Waals surface area contributed by atoms with Gasteiger partial charge in [0.1, 0.15) is 5.82 Å². The zero-order chi connectivity index (χ0) is 13.1. The van der Waals surface area contributed by atoms with Gasteiger partial charge >= 0.3 is 5.97 Å². The molecule has 6 nitrogen and oxygen atoms in total. The Bertz CT molecular complexity index is 428. The van der Waals surface area contributed by atoms with Crippen LogP contribution in [0.4, 0.5) is 5.82 Å². The summed E-state index contributed by atoms with van der Waals surface area (Å²) in [5.41, 5.74) is 0.244. The van der Waals surface area contributed by atoms with Crippen LogP contribution < -0.4 is 10.2 Å². The second kappa shape index (κ2) is 5.30. The van der Waals surface area contributed by atoms with Crippen LogP contribution in [0, 0.1) is 0 Å². The Labute approximate surface area is 106 Å². The van der Waals surface area contributed by atoms with Crippen LogP contribution in [0.5, 0.6) is 0 Å². The standard InChI is InChI=1S/C12H18N4O2/c1-8-6-16(7-9(2)14-8)11-5-13-4-10(15-11)12(17)18-3/h4-5,8-9,14H,6-7H2,1-3H3.